The monoisotopic (exact) mass is 526 g/mol. The van der Waals surface area contributed by atoms with Crippen LogP contribution in [0.3, 0.4) is 0 Å². The summed E-state index contributed by atoms with van der Waals surface area (Å²) >= 11 is 0. The van der Waals surface area contributed by atoms with E-state index in [-0.39, 0.29) is 11.1 Å². The highest BCUT2D eigenvalue weighted by molar-refractivity contribution is 5.94. The molecule has 0 bridgehead atoms. The van der Waals surface area contributed by atoms with E-state index in [9.17, 15) is 22.4 Å². The molecule has 38 heavy (non-hydrogen) atoms. The fourth-order valence-electron chi connectivity index (χ4n) is 4.83. The number of H-pyrrole nitrogens is 1. The van der Waals surface area contributed by atoms with Crippen LogP contribution in [-0.2, 0) is 20.0 Å². The normalized spacial score (nSPS) is 16.2. The van der Waals surface area contributed by atoms with Crippen LogP contribution >= 0.6 is 0 Å². The third-order valence-electron chi connectivity index (χ3n) is 6.84. The number of fused-ring (bicyclic) bond motifs is 1. The van der Waals surface area contributed by atoms with E-state index in [4.69, 9.17) is 0 Å². The number of hydrogen-bond acceptors (Lipinski definition) is 6. The summed E-state index contributed by atoms with van der Waals surface area (Å²) in [5.74, 6) is -3.69. The topological polar surface area (TPSA) is 95.0 Å². The van der Waals surface area contributed by atoms with Gasteiger partial charge in [0.05, 0.1) is 31.4 Å². The smallest absolute Gasteiger partial charge is 0.282 e. The number of nitrogens with one attached hydrogen (secondary N) is 2. The summed E-state index contributed by atoms with van der Waals surface area (Å²) in [5, 5.41) is 8.77. The maximum absolute atomic E-state index is 14.7. The summed E-state index contributed by atoms with van der Waals surface area (Å²) in [6, 6.07) is 7.72. The first kappa shape index (κ1) is 23.9. The Morgan fingerprint density at radius 1 is 1.13 bits per heavy atom. The maximum atomic E-state index is 14.7. The molecule has 9 nitrogen and oxygen atoms in total. The molecule has 5 heterocycles. The third kappa shape index (κ3) is 4.23. The SMILES string of the molecule is Cn1c(C(=O)N2CC(F)(F)C2)cc2c1CN(c1nccc(Nc3ccc(-c4cn[nH]c4F)c(F)c3)n1)CC2. The minimum absolute atomic E-state index is 0.0381. The van der Waals surface area contributed by atoms with Crippen molar-refractivity contribution in [3.05, 3.63) is 71.4 Å². The number of hydrogen-bond donors (Lipinski definition) is 2. The molecule has 0 unspecified atom stereocenters. The molecule has 1 saturated heterocycles. The van der Waals surface area contributed by atoms with Crippen molar-refractivity contribution in [2.45, 2.75) is 18.9 Å². The number of amides is 1. The predicted octanol–water partition coefficient (Wildman–Crippen LogP) is 3.88. The molecule has 13 heteroatoms. The van der Waals surface area contributed by atoms with Crippen molar-refractivity contribution < 1.29 is 22.4 Å². The summed E-state index contributed by atoms with van der Waals surface area (Å²) in [6.07, 6.45) is 3.43. The zero-order chi connectivity index (χ0) is 26.6. The highest BCUT2D eigenvalue weighted by Gasteiger charge is 2.47. The number of aromatic amines is 1. The molecular weight excluding hydrogens is 504 g/mol. The van der Waals surface area contributed by atoms with Crippen LogP contribution in [0.25, 0.3) is 11.1 Å². The Morgan fingerprint density at radius 2 is 1.95 bits per heavy atom. The quantitative estimate of drug-likeness (QED) is 0.384. The van der Waals surface area contributed by atoms with Gasteiger partial charge < -0.3 is 19.7 Å². The van der Waals surface area contributed by atoms with Crippen LogP contribution in [0.1, 0.15) is 21.7 Å². The van der Waals surface area contributed by atoms with Gasteiger partial charge >= 0.3 is 0 Å². The van der Waals surface area contributed by atoms with Crippen molar-refractivity contribution in [3.63, 3.8) is 0 Å². The number of alkyl halides is 2. The molecule has 1 aromatic carbocycles. The zero-order valence-electron chi connectivity index (χ0n) is 20.2. The highest BCUT2D eigenvalue weighted by atomic mass is 19.3. The average Bonchev–Trinajstić information content (AvgIpc) is 3.45. The van der Waals surface area contributed by atoms with E-state index in [1.54, 1.807) is 36.0 Å². The number of halogens is 4. The second kappa shape index (κ2) is 8.85. The molecule has 2 aliphatic rings. The molecule has 2 aliphatic heterocycles. The van der Waals surface area contributed by atoms with E-state index in [0.29, 0.717) is 42.7 Å². The first-order chi connectivity index (χ1) is 18.2. The van der Waals surface area contributed by atoms with Crippen LogP contribution in [0, 0.1) is 11.8 Å². The van der Waals surface area contributed by atoms with Gasteiger partial charge in [0.2, 0.25) is 11.9 Å². The Kier molecular flexibility index (Phi) is 5.58. The van der Waals surface area contributed by atoms with Crippen LogP contribution in [0.15, 0.2) is 42.7 Å². The van der Waals surface area contributed by atoms with E-state index in [0.717, 1.165) is 16.2 Å². The number of nitrogens with zero attached hydrogens (tertiary/aromatic N) is 6. The fourth-order valence-corrected chi connectivity index (χ4v) is 4.83. The predicted molar refractivity (Wildman–Crippen MR) is 130 cm³/mol. The van der Waals surface area contributed by atoms with Gasteiger partial charge in [-0.15, -0.1) is 0 Å². The Balaban J connectivity index is 1.18. The molecule has 196 valence electrons. The Bertz CT molecular complexity index is 1540. The number of carbonyl (C=O) groups is 1. The van der Waals surface area contributed by atoms with Crippen LogP contribution in [-0.4, -0.2) is 61.1 Å². The van der Waals surface area contributed by atoms with E-state index in [1.165, 1.54) is 18.3 Å². The van der Waals surface area contributed by atoms with Crippen LogP contribution in [0.4, 0.5) is 35.0 Å². The van der Waals surface area contributed by atoms with Gasteiger partial charge in [-0.25, -0.2) is 18.2 Å². The number of likely N-dealkylation sites (tertiary alicyclic amines) is 1. The lowest BCUT2D eigenvalue weighted by Crippen LogP contribution is -2.58. The van der Waals surface area contributed by atoms with Crippen molar-refractivity contribution in [1.29, 1.82) is 0 Å². The second-order valence-corrected chi connectivity index (χ2v) is 9.41. The molecule has 2 N–H and O–H groups in total. The molecular formula is C25H22F4N8O. The molecule has 4 aromatic rings. The van der Waals surface area contributed by atoms with E-state index in [2.05, 4.69) is 25.5 Å². The number of rotatable bonds is 5. The lowest BCUT2D eigenvalue weighted by Gasteiger charge is -2.38. The Hall–Kier alpha value is -4.42. The van der Waals surface area contributed by atoms with Gasteiger partial charge in [0.1, 0.15) is 17.3 Å². The third-order valence-corrected chi connectivity index (χ3v) is 6.84. The van der Waals surface area contributed by atoms with Crippen molar-refractivity contribution in [1.82, 2.24) is 29.6 Å². The van der Waals surface area contributed by atoms with Gasteiger partial charge in [0.25, 0.3) is 11.8 Å². The van der Waals surface area contributed by atoms with Crippen molar-refractivity contribution in [3.8, 4) is 11.1 Å². The maximum Gasteiger partial charge on any atom is 0.282 e. The van der Waals surface area contributed by atoms with Crippen LogP contribution in [0.2, 0.25) is 0 Å². The molecule has 1 fully saturated rings. The average molecular weight is 526 g/mol. The number of aromatic nitrogens is 5. The number of carbonyl (C=O) groups excluding carboxylic acids is 1. The van der Waals surface area contributed by atoms with Gasteiger partial charge in [0, 0.05) is 36.7 Å². The van der Waals surface area contributed by atoms with Crippen molar-refractivity contribution in [2.24, 2.45) is 7.05 Å². The molecule has 0 radical (unpaired) electrons. The first-order valence-corrected chi connectivity index (χ1v) is 11.9. The lowest BCUT2D eigenvalue weighted by molar-refractivity contribution is -0.113. The van der Waals surface area contributed by atoms with E-state index in [1.807, 2.05) is 4.90 Å². The largest absolute Gasteiger partial charge is 0.342 e. The molecule has 6 rings (SSSR count). The minimum Gasteiger partial charge on any atom is -0.342 e. The van der Waals surface area contributed by atoms with Crippen LogP contribution < -0.4 is 10.2 Å². The van der Waals surface area contributed by atoms with Gasteiger partial charge in [-0.05, 0) is 42.3 Å². The number of anilines is 3. The first-order valence-electron chi connectivity index (χ1n) is 11.9. The van der Waals surface area contributed by atoms with Gasteiger partial charge in [-0.3, -0.25) is 9.89 Å². The molecule has 0 spiro atoms. The van der Waals surface area contributed by atoms with Crippen LogP contribution in [0.5, 0.6) is 0 Å². The molecule has 3 aromatic heterocycles. The summed E-state index contributed by atoms with van der Waals surface area (Å²) in [4.78, 5) is 24.8. The summed E-state index contributed by atoms with van der Waals surface area (Å²) in [7, 11) is 1.75. The second-order valence-electron chi connectivity index (χ2n) is 9.41. The summed E-state index contributed by atoms with van der Waals surface area (Å²) in [5.41, 5.74) is 2.79. The molecule has 0 atom stereocenters. The summed E-state index contributed by atoms with van der Waals surface area (Å²) in [6.45, 7) is -0.101. The van der Waals surface area contributed by atoms with Gasteiger partial charge in [-0.2, -0.15) is 14.5 Å². The molecule has 1 amide bonds. The summed E-state index contributed by atoms with van der Waals surface area (Å²) < 4.78 is 56.7. The molecule has 0 saturated carbocycles. The van der Waals surface area contributed by atoms with Gasteiger partial charge in [-0.1, -0.05) is 0 Å². The van der Waals surface area contributed by atoms with E-state index < -0.39 is 36.7 Å². The fraction of sp³-hybridized carbons (Fsp3) is 0.280. The highest BCUT2D eigenvalue weighted by Crippen LogP contribution is 2.31. The molecule has 0 aliphatic carbocycles. The Morgan fingerprint density at radius 3 is 2.66 bits per heavy atom. The van der Waals surface area contributed by atoms with Crippen molar-refractivity contribution in [2.75, 3.05) is 29.9 Å². The lowest BCUT2D eigenvalue weighted by atomic mass is 10.1. The van der Waals surface area contributed by atoms with Crippen molar-refractivity contribution >= 4 is 23.4 Å². The zero-order valence-corrected chi connectivity index (χ0v) is 20.2. The standard InChI is InChI=1S/C25H22F4N8O/c1-35-19(23(38)37-12-25(28,29)13-37)8-14-5-7-36(11-20(14)35)24-30-6-4-21(33-24)32-15-2-3-16(18(26)9-15)17-10-31-34-22(17)27/h2-4,6,8-10H,5,7,11-13H2,1H3,(H,31,34)(H,30,32,33). The van der Waals surface area contributed by atoms with E-state index >= 15 is 0 Å². The minimum atomic E-state index is -2.82. The van der Waals surface area contributed by atoms with Gasteiger partial charge in [0.15, 0.2) is 0 Å². The number of benzene rings is 1. The Labute approximate surface area is 214 Å².